The molecule has 0 bridgehead atoms. The van der Waals surface area contributed by atoms with Gasteiger partial charge in [-0.2, -0.15) is 5.10 Å². The van der Waals surface area contributed by atoms with E-state index in [1.807, 2.05) is 0 Å². The number of nitrogens with one attached hydrogen (secondary N) is 3. The molecule has 0 radical (unpaired) electrons. The minimum atomic E-state index is -0.617. The predicted molar refractivity (Wildman–Crippen MR) is 111 cm³/mol. The summed E-state index contributed by atoms with van der Waals surface area (Å²) in [6, 6.07) is 11.9. The van der Waals surface area contributed by atoms with E-state index >= 15 is 0 Å². The van der Waals surface area contributed by atoms with E-state index in [2.05, 4.69) is 20.8 Å². The highest BCUT2D eigenvalue weighted by molar-refractivity contribution is 6.04. The third-order valence-corrected chi connectivity index (χ3v) is 5.15. The minimum absolute atomic E-state index is 0.175. The second kappa shape index (κ2) is 8.77. The number of esters is 1. The maximum Gasteiger partial charge on any atom is 0.338 e. The maximum atomic E-state index is 12.6. The number of fused-ring (bicyclic) bond motifs is 1. The number of carbonyl (C=O) groups is 3. The van der Waals surface area contributed by atoms with Crippen LogP contribution in [-0.2, 0) is 9.53 Å². The Labute approximate surface area is 173 Å². The van der Waals surface area contributed by atoms with Gasteiger partial charge in [-0.05, 0) is 37.1 Å². The van der Waals surface area contributed by atoms with E-state index < -0.39 is 18.5 Å². The number of hydrogen-bond donors (Lipinski definition) is 3. The van der Waals surface area contributed by atoms with Crippen LogP contribution in [0.25, 0.3) is 10.9 Å². The summed E-state index contributed by atoms with van der Waals surface area (Å²) in [5.74, 6) is -1.36. The van der Waals surface area contributed by atoms with Crippen molar-refractivity contribution in [3.05, 3.63) is 59.8 Å². The molecule has 4 rings (SSSR count). The maximum absolute atomic E-state index is 12.6. The van der Waals surface area contributed by atoms with Crippen LogP contribution < -0.4 is 10.6 Å². The molecule has 1 aliphatic rings. The van der Waals surface area contributed by atoms with Crippen LogP contribution in [0, 0.1) is 0 Å². The lowest BCUT2D eigenvalue weighted by molar-refractivity contribution is -0.119. The van der Waals surface area contributed by atoms with Crippen LogP contribution in [0.1, 0.15) is 46.4 Å². The van der Waals surface area contributed by atoms with Gasteiger partial charge < -0.3 is 15.4 Å². The Hall–Kier alpha value is -3.68. The highest BCUT2D eigenvalue weighted by Crippen LogP contribution is 2.20. The number of nitrogens with zero attached hydrogens (tertiary/aromatic N) is 1. The third kappa shape index (κ3) is 4.48. The fraction of sp³-hybridized carbons (Fsp3) is 0.273. The fourth-order valence-corrected chi connectivity index (χ4v) is 3.59. The minimum Gasteiger partial charge on any atom is -0.452 e. The van der Waals surface area contributed by atoms with E-state index in [1.165, 1.54) is 0 Å². The molecule has 1 fully saturated rings. The third-order valence-electron chi connectivity index (χ3n) is 5.15. The molecule has 8 heteroatoms. The van der Waals surface area contributed by atoms with Crippen LogP contribution in [0.2, 0.25) is 0 Å². The summed E-state index contributed by atoms with van der Waals surface area (Å²) in [5.41, 5.74) is 1.79. The fourth-order valence-electron chi connectivity index (χ4n) is 3.59. The molecule has 1 aliphatic carbocycles. The highest BCUT2D eigenvalue weighted by Gasteiger charge is 2.20. The van der Waals surface area contributed by atoms with E-state index in [-0.39, 0.29) is 11.9 Å². The molecule has 0 saturated heterocycles. The van der Waals surface area contributed by atoms with Crippen molar-refractivity contribution in [2.75, 3.05) is 11.9 Å². The lowest BCUT2D eigenvalue weighted by atomic mass is 10.1. The monoisotopic (exact) mass is 406 g/mol. The summed E-state index contributed by atoms with van der Waals surface area (Å²) in [4.78, 5) is 37.1. The number of ether oxygens (including phenoxy) is 1. The Balaban J connectivity index is 1.35. The zero-order valence-electron chi connectivity index (χ0n) is 16.3. The van der Waals surface area contributed by atoms with Crippen molar-refractivity contribution in [3.8, 4) is 0 Å². The molecular formula is C22H22N4O4. The van der Waals surface area contributed by atoms with Crippen molar-refractivity contribution in [1.29, 1.82) is 0 Å². The van der Waals surface area contributed by atoms with Crippen LogP contribution >= 0.6 is 0 Å². The normalized spacial score (nSPS) is 13.9. The molecule has 1 saturated carbocycles. The van der Waals surface area contributed by atoms with Crippen molar-refractivity contribution in [1.82, 2.24) is 15.5 Å². The van der Waals surface area contributed by atoms with Gasteiger partial charge in [0.05, 0.1) is 28.5 Å². The van der Waals surface area contributed by atoms with E-state index in [0.717, 1.165) is 31.1 Å². The topological polar surface area (TPSA) is 113 Å². The van der Waals surface area contributed by atoms with Gasteiger partial charge in [0.25, 0.3) is 11.8 Å². The molecule has 1 aromatic heterocycles. The number of hydrogen-bond acceptors (Lipinski definition) is 5. The molecule has 0 spiro atoms. The van der Waals surface area contributed by atoms with Gasteiger partial charge in [-0.15, -0.1) is 0 Å². The lowest BCUT2D eigenvalue weighted by Gasteiger charge is -2.15. The molecule has 30 heavy (non-hydrogen) atoms. The quantitative estimate of drug-likeness (QED) is 0.545. The molecule has 154 valence electrons. The second-order valence-corrected chi connectivity index (χ2v) is 7.30. The van der Waals surface area contributed by atoms with Gasteiger partial charge in [0, 0.05) is 11.4 Å². The number of aromatic amines is 1. The Bertz CT molecular complexity index is 1090. The second-order valence-electron chi connectivity index (χ2n) is 7.30. The Morgan fingerprint density at radius 3 is 2.73 bits per heavy atom. The predicted octanol–water partition coefficient (Wildman–Crippen LogP) is 3.03. The lowest BCUT2D eigenvalue weighted by Crippen LogP contribution is -2.33. The average Bonchev–Trinajstić information content (AvgIpc) is 3.43. The number of carbonyl (C=O) groups excluding carboxylic acids is 3. The van der Waals surface area contributed by atoms with Gasteiger partial charge in [0.15, 0.2) is 6.61 Å². The van der Waals surface area contributed by atoms with E-state index in [0.29, 0.717) is 22.3 Å². The summed E-state index contributed by atoms with van der Waals surface area (Å²) in [6.07, 6.45) is 5.82. The highest BCUT2D eigenvalue weighted by atomic mass is 16.5. The summed E-state index contributed by atoms with van der Waals surface area (Å²) < 4.78 is 5.11. The molecule has 2 aromatic carbocycles. The summed E-state index contributed by atoms with van der Waals surface area (Å²) in [5, 5.41) is 13.2. The number of aromatic nitrogens is 2. The van der Waals surface area contributed by atoms with E-state index in [9.17, 15) is 14.4 Å². The van der Waals surface area contributed by atoms with Gasteiger partial charge in [0.1, 0.15) is 0 Å². The summed E-state index contributed by atoms with van der Waals surface area (Å²) >= 11 is 0. The zero-order valence-corrected chi connectivity index (χ0v) is 16.3. The molecular weight excluding hydrogens is 384 g/mol. The summed E-state index contributed by atoms with van der Waals surface area (Å²) in [7, 11) is 0. The molecule has 2 amide bonds. The zero-order chi connectivity index (χ0) is 20.9. The molecule has 0 unspecified atom stereocenters. The molecule has 3 aromatic rings. The number of para-hydroxylation sites is 1. The number of benzene rings is 2. The van der Waals surface area contributed by atoms with Gasteiger partial charge in [0.2, 0.25) is 0 Å². The SMILES string of the molecule is O=C(COC(=O)c1ccc2cn[nH]c2c1)Nc1ccccc1C(=O)NC1CCCC1. The Morgan fingerprint density at radius 2 is 1.90 bits per heavy atom. The van der Waals surface area contributed by atoms with Crippen molar-refractivity contribution >= 4 is 34.4 Å². The van der Waals surface area contributed by atoms with Crippen LogP contribution in [0.3, 0.4) is 0 Å². The average molecular weight is 406 g/mol. The first-order valence-electron chi connectivity index (χ1n) is 9.90. The summed E-state index contributed by atoms with van der Waals surface area (Å²) in [6.45, 7) is -0.460. The Kier molecular flexibility index (Phi) is 5.74. The van der Waals surface area contributed by atoms with E-state index in [4.69, 9.17) is 4.74 Å². The van der Waals surface area contributed by atoms with Gasteiger partial charge >= 0.3 is 5.97 Å². The van der Waals surface area contributed by atoms with Crippen LogP contribution in [-0.4, -0.2) is 40.6 Å². The molecule has 0 aliphatic heterocycles. The van der Waals surface area contributed by atoms with Crippen molar-refractivity contribution in [2.45, 2.75) is 31.7 Å². The standard InChI is InChI=1S/C22H22N4O4/c27-20(13-30-22(29)14-9-10-15-12-23-26-19(15)11-14)25-18-8-4-3-7-17(18)21(28)24-16-5-1-2-6-16/h3-4,7-12,16H,1-2,5-6,13H2,(H,23,26)(H,24,28)(H,25,27). The molecule has 1 heterocycles. The van der Waals surface area contributed by atoms with E-state index in [1.54, 1.807) is 48.7 Å². The molecule has 0 atom stereocenters. The number of anilines is 1. The number of rotatable bonds is 6. The van der Waals surface area contributed by atoms with Gasteiger partial charge in [-0.1, -0.05) is 31.0 Å². The first-order valence-corrected chi connectivity index (χ1v) is 9.90. The van der Waals surface area contributed by atoms with Gasteiger partial charge in [-0.25, -0.2) is 4.79 Å². The largest absolute Gasteiger partial charge is 0.452 e. The first-order chi connectivity index (χ1) is 14.6. The van der Waals surface area contributed by atoms with Crippen LogP contribution in [0.15, 0.2) is 48.7 Å². The number of H-pyrrole nitrogens is 1. The van der Waals surface area contributed by atoms with Crippen molar-refractivity contribution in [3.63, 3.8) is 0 Å². The molecule has 8 nitrogen and oxygen atoms in total. The molecule has 3 N–H and O–H groups in total. The Morgan fingerprint density at radius 1 is 1.10 bits per heavy atom. The smallest absolute Gasteiger partial charge is 0.338 e. The first kappa shape index (κ1) is 19.6. The number of amides is 2. The van der Waals surface area contributed by atoms with Crippen molar-refractivity contribution in [2.24, 2.45) is 0 Å². The van der Waals surface area contributed by atoms with Crippen molar-refractivity contribution < 1.29 is 19.1 Å². The van der Waals surface area contributed by atoms with Crippen LogP contribution in [0.4, 0.5) is 5.69 Å². The van der Waals surface area contributed by atoms with Gasteiger partial charge in [-0.3, -0.25) is 14.7 Å². The van der Waals surface area contributed by atoms with Crippen LogP contribution in [0.5, 0.6) is 0 Å².